The summed E-state index contributed by atoms with van der Waals surface area (Å²) in [6.45, 7) is 0. The molecule has 0 spiro atoms. The lowest BCUT2D eigenvalue weighted by Gasteiger charge is -2.03. The zero-order valence-corrected chi connectivity index (χ0v) is 6.04. The minimum absolute atomic E-state index is 0.326. The van der Waals surface area contributed by atoms with E-state index in [4.69, 9.17) is 9.76 Å². The lowest BCUT2D eigenvalue weighted by atomic mass is 9.88. The minimum atomic E-state index is -0.382. The van der Waals surface area contributed by atoms with Gasteiger partial charge in [-0.2, -0.15) is 0 Å². The lowest BCUT2D eigenvalue weighted by Crippen LogP contribution is -2.16. The molecule has 1 aromatic carbocycles. The number of benzene rings is 1. The molecule has 0 heterocycles. The summed E-state index contributed by atoms with van der Waals surface area (Å²) < 4.78 is 17.3. The van der Waals surface area contributed by atoms with E-state index in [1.165, 1.54) is 25.3 Å². The zero-order chi connectivity index (χ0) is 8.27. The standard InChI is InChI=1S/C7H7BFO2/c1-11-7-4-5(9)2-3-6(7)8-10/h2-4,10H,1H3. The quantitative estimate of drug-likeness (QED) is 0.609. The smallest absolute Gasteiger partial charge is 0.330 e. The number of methoxy groups -OCH3 is 1. The van der Waals surface area contributed by atoms with E-state index in [2.05, 4.69) is 0 Å². The number of hydrogen-bond donors (Lipinski definition) is 1. The molecule has 57 valence electrons. The van der Waals surface area contributed by atoms with Gasteiger partial charge in [0, 0.05) is 6.07 Å². The van der Waals surface area contributed by atoms with Crippen molar-refractivity contribution in [3.05, 3.63) is 24.0 Å². The van der Waals surface area contributed by atoms with Crippen molar-refractivity contribution in [2.75, 3.05) is 7.11 Å². The Bertz CT molecular complexity index is 252. The van der Waals surface area contributed by atoms with Crippen molar-refractivity contribution in [1.29, 1.82) is 0 Å². The second-order valence-electron chi connectivity index (χ2n) is 2.02. The van der Waals surface area contributed by atoms with E-state index in [0.29, 0.717) is 11.2 Å². The van der Waals surface area contributed by atoms with Gasteiger partial charge in [-0.25, -0.2) is 4.39 Å². The van der Waals surface area contributed by atoms with Gasteiger partial charge in [0.15, 0.2) is 0 Å². The van der Waals surface area contributed by atoms with Crippen LogP contribution in [-0.4, -0.2) is 19.6 Å². The largest absolute Gasteiger partial charge is 0.497 e. The predicted octanol–water partition coefficient (Wildman–Crippen LogP) is 0.0711. The SMILES string of the molecule is COc1cc(F)ccc1[B]O. The van der Waals surface area contributed by atoms with Crippen molar-refractivity contribution >= 4 is 12.9 Å². The van der Waals surface area contributed by atoms with Gasteiger partial charge in [-0.3, -0.25) is 0 Å². The second kappa shape index (κ2) is 3.39. The maximum Gasteiger partial charge on any atom is 0.330 e. The van der Waals surface area contributed by atoms with E-state index in [1.807, 2.05) is 0 Å². The van der Waals surface area contributed by atoms with Gasteiger partial charge in [0.05, 0.1) is 7.11 Å². The van der Waals surface area contributed by atoms with Crippen LogP contribution in [0, 0.1) is 5.82 Å². The maximum atomic E-state index is 12.5. The van der Waals surface area contributed by atoms with Gasteiger partial charge < -0.3 is 9.76 Å². The van der Waals surface area contributed by atoms with Crippen molar-refractivity contribution < 1.29 is 14.2 Å². The van der Waals surface area contributed by atoms with Crippen LogP contribution in [0.15, 0.2) is 18.2 Å². The van der Waals surface area contributed by atoms with Crippen LogP contribution in [0.4, 0.5) is 4.39 Å². The first-order valence-electron chi connectivity index (χ1n) is 3.09. The van der Waals surface area contributed by atoms with Crippen LogP contribution < -0.4 is 10.2 Å². The molecule has 0 aliphatic rings. The van der Waals surface area contributed by atoms with Gasteiger partial charge in [0.2, 0.25) is 0 Å². The molecule has 0 bridgehead atoms. The lowest BCUT2D eigenvalue weighted by molar-refractivity contribution is 0.414. The fraction of sp³-hybridized carbons (Fsp3) is 0.143. The topological polar surface area (TPSA) is 29.5 Å². The molecule has 2 nitrogen and oxygen atoms in total. The molecule has 1 N–H and O–H groups in total. The molecule has 0 unspecified atom stereocenters. The Labute approximate surface area is 64.9 Å². The molecule has 0 aliphatic carbocycles. The van der Waals surface area contributed by atoms with Crippen LogP contribution in [0.3, 0.4) is 0 Å². The average molecular weight is 153 g/mol. The van der Waals surface area contributed by atoms with E-state index in [9.17, 15) is 4.39 Å². The van der Waals surface area contributed by atoms with Gasteiger partial charge in [0.1, 0.15) is 11.6 Å². The Morgan fingerprint density at radius 3 is 2.82 bits per heavy atom. The Morgan fingerprint density at radius 1 is 1.55 bits per heavy atom. The number of halogens is 1. The third-order valence-corrected chi connectivity index (χ3v) is 1.33. The average Bonchev–Trinajstić information content (AvgIpc) is 2.04. The van der Waals surface area contributed by atoms with Crippen LogP contribution in [0.25, 0.3) is 0 Å². The molecule has 4 heteroatoms. The molecule has 0 atom stereocenters. The highest BCUT2D eigenvalue weighted by Crippen LogP contribution is 2.07. The maximum absolute atomic E-state index is 12.5. The highest BCUT2D eigenvalue weighted by atomic mass is 19.1. The molecular weight excluding hydrogens is 146 g/mol. The Balaban J connectivity index is 3.06. The van der Waals surface area contributed by atoms with Crippen LogP contribution in [0.1, 0.15) is 0 Å². The van der Waals surface area contributed by atoms with Gasteiger partial charge in [0.25, 0.3) is 0 Å². The fourth-order valence-electron chi connectivity index (χ4n) is 0.792. The van der Waals surface area contributed by atoms with Crippen LogP contribution >= 0.6 is 0 Å². The van der Waals surface area contributed by atoms with E-state index < -0.39 is 0 Å². The highest BCUT2D eigenvalue weighted by molar-refractivity contribution is 6.46. The second-order valence-corrected chi connectivity index (χ2v) is 2.02. The van der Waals surface area contributed by atoms with Crippen LogP contribution in [-0.2, 0) is 0 Å². The van der Waals surface area contributed by atoms with Crippen molar-refractivity contribution in [3.63, 3.8) is 0 Å². The molecule has 1 rings (SSSR count). The summed E-state index contributed by atoms with van der Waals surface area (Å²) in [5, 5.41) is 8.61. The molecule has 0 saturated carbocycles. The Hall–Kier alpha value is -1.03. The van der Waals surface area contributed by atoms with Gasteiger partial charge in [-0.15, -0.1) is 0 Å². The first kappa shape index (κ1) is 8.08. The van der Waals surface area contributed by atoms with Gasteiger partial charge >= 0.3 is 7.48 Å². The van der Waals surface area contributed by atoms with Gasteiger partial charge in [-0.1, -0.05) is 6.07 Å². The minimum Gasteiger partial charge on any atom is -0.497 e. The molecule has 0 saturated heterocycles. The third kappa shape index (κ3) is 1.71. The first-order valence-corrected chi connectivity index (χ1v) is 3.09. The number of ether oxygens (including phenoxy) is 1. The summed E-state index contributed by atoms with van der Waals surface area (Å²) >= 11 is 0. The van der Waals surface area contributed by atoms with E-state index in [-0.39, 0.29) is 5.82 Å². The zero-order valence-electron chi connectivity index (χ0n) is 6.04. The number of hydrogen-bond acceptors (Lipinski definition) is 2. The van der Waals surface area contributed by atoms with Crippen molar-refractivity contribution in [3.8, 4) is 5.75 Å². The molecular formula is C7H7BFO2. The predicted molar refractivity (Wildman–Crippen MR) is 40.6 cm³/mol. The molecule has 0 aromatic heterocycles. The summed E-state index contributed by atoms with van der Waals surface area (Å²) in [5.41, 5.74) is 0.467. The highest BCUT2D eigenvalue weighted by Gasteiger charge is 2.03. The monoisotopic (exact) mass is 153 g/mol. The van der Waals surface area contributed by atoms with E-state index >= 15 is 0 Å². The van der Waals surface area contributed by atoms with Crippen molar-refractivity contribution in [2.24, 2.45) is 0 Å². The summed E-state index contributed by atoms with van der Waals surface area (Å²) in [4.78, 5) is 0. The van der Waals surface area contributed by atoms with Crippen LogP contribution in [0.2, 0.25) is 0 Å². The summed E-state index contributed by atoms with van der Waals surface area (Å²) in [6, 6.07) is 3.90. The Morgan fingerprint density at radius 2 is 2.27 bits per heavy atom. The van der Waals surface area contributed by atoms with E-state index in [1.54, 1.807) is 0 Å². The molecule has 1 aromatic rings. The summed E-state index contributed by atoms with van der Waals surface area (Å²) in [7, 11) is 2.29. The van der Waals surface area contributed by atoms with Crippen LogP contribution in [0.5, 0.6) is 5.75 Å². The normalized spacial score (nSPS) is 9.36. The number of rotatable bonds is 2. The van der Waals surface area contributed by atoms with E-state index in [0.717, 1.165) is 7.48 Å². The van der Waals surface area contributed by atoms with Crippen molar-refractivity contribution in [2.45, 2.75) is 0 Å². The summed E-state index contributed by atoms with van der Waals surface area (Å²) in [5.74, 6) is -0.0556. The first-order chi connectivity index (χ1) is 5.27. The Kier molecular flexibility index (Phi) is 2.49. The molecule has 0 aliphatic heterocycles. The third-order valence-electron chi connectivity index (χ3n) is 1.33. The molecule has 1 radical (unpaired) electrons. The molecule has 0 fully saturated rings. The summed E-state index contributed by atoms with van der Waals surface area (Å²) in [6.07, 6.45) is 0. The molecule has 0 amide bonds. The fourth-order valence-corrected chi connectivity index (χ4v) is 0.792. The molecule has 11 heavy (non-hydrogen) atoms. The van der Waals surface area contributed by atoms with Gasteiger partial charge in [-0.05, 0) is 11.5 Å². The van der Waals surface area contributed by atoms with Crippen molar-refractivity contribution in [1.82, 2.24) is 0 Å².